The molecule has 0 spiro atoms. The molecule has 5 rings (SSSR count). The summed E-state index contributed by atoms with van der Waals surface area (Å²) in [6.45, 7) is 0. The van der Waals surface area contributed by atoms with E-state index >= 15 is 0 Å². The fourth-order valence-electron chi connectivity index (χ4n) is 3.33. The second kappa shape index (κ2) is 10.4. The molecular formula is C21H16OS10. The zero-order valence-corrected chi connectivity index (χ0v) is 25.5. The molecule has 2 aliphatic heterocycles. The van der Waals surface area contributed by atoms with Gasteiger partial charge in [0.25, 0.3) is 4.06 Å². The van der Waals surface area contributed by atoms with Crippen LogP contribution in [0.15, 0.2) is 46.0 Å². The van der Waals surface area contributed by atoms with Crippen LogP contribution < -0.4 is 14.5 Å². The van der Waals surface area contributed by atoms with Gasteiger partial charge in [-0.1, -0.05) is 81.9 Å². The van der Waals surface area contributed by atoms with Crippen LogP contribution in [0.3, 0.4) is 0 Å². The van der Waals surface area contributed by atoms with Crippen molar-refractivity contribution in [2.45, 2.75) is 0 Å². The van der Waals surface area contributed by atoms with E-state index in [9.17, 15) is 4.79 Å². The lowest BCUT2D eigenvalue weighted by Crippen LogP contribution is -2.13. The standard InChI is InChI=1S/C21H16OS10/c1-23-17-18(24-2)30-15(29-17)9-5-6-10(16-31-19(25-3)20(26-4)32-16)12-8-14-13(7-11(9)12)27-21(22)28-14/h5-8H,1-4H3. The van der Waals surface area contributed by atoms with Crippen LogP contribution in [0.1, 0.15) is 0 Å². The van der Waals surface area contributed by atoms with Gasteiger partial charge >= 0.3 is 0 Å². The van der Waals surface area contributed by atoms with Gasteiger partial charge in [0.2, 0.25) is 0 Å². The molecule has 0 N–H and O–H groups in total. The van der Waals surface area contributed by atoms with Crippen LogP contribution in [0.5, 0.6) is 0 Å². The van der Waals surface area contributed by atoms with Crippen molar-refractivity contribution < 1.29 is 0 Å². The van der Waals surface area contributed by atoms with Gasteiger partial charge in [-0.15, -0.1) is 47.0 Å². The van der Waals surface area contributed by atoms with Gasteiger partial charge in [-0.3, -0.25) is 4.79 Å². The maximum Gasteiger partial charge on any atom is 0.288 e. The average Bonchev–Trinajstić information content (AvgIpc) is 3.51. The third-order valence-electron chi connectivity index (χ3n) is 4.72. The van der Waals surface area contributed by atoms with E-state index in [0.717, 1.165) is 9.40 Å². The van der Waals surface area contributed by atoms with E-state index < -0.39 is 0 Å². The normalized spacial score (nSPS) is 17.1. The van der Waals surface area contributed by atoms with Crippen LogP contribution in [0, 0.1) is 0 Å². The lowest BCUT2D eigenvalue weighted by Gasteiger charge is -2.06. The Hall–Kier alpha value is 0.830. The lowest BCUT2D eigenvalue weighted by atomic mass is 10.1. The summed E-state index contributed by atoms with van der Waals surface area (Å²) in [7, 11) is 0. The summed E-state index contributed by atoms with van der Waals surface area (Å²) < 4.78 is 10.5. The molecule has 0 atom stereocenters. The molecule has 1 aromatic heterocycles. The van der Waals surface area contributed by atoms with Crippen LogP contribution in [-0.2, 0) is 0 Å². The summed E-state index contributed by atoms with van der Waals surface area (Å²) in [5, 5.41) is 5.05. The quantitative estimate of drug-likeness (QED) is 0.290. The minimum Gasteiger partial charge on any atom is -0.265 e. The molecule has 0 saturated heterocycles. The molecule has 0 saturated carbocycles. The fourth-order valence-corrected chi connectivity index (χ4v) is 15.4. The predicted molar refractivity (Wildman–Crippen MR) is 168 cm³/mol. The highest BCUT2D eigenvalue weighted by Gasteiger charge is 2.23. The molecule has 0 fully saturated rings. The van der Waals surface area contributed by atoms with E-state index in [1.54, 1.807) is 0 Å². The minimum absolute atomic E-state index is 0.167. The zero-order valence-electron chi connectivity index (χ0n) is 17.3. The first-order valence-electron chi connectivity index (χ1n) is 9.17. The van der Waals surface area contributed by atoms with Crippen molar-refractivity contribution >= 4 is 145 Å². The Morgan fingerprint density at radius 1 is 0.594 bits per heavy atom. The summed E-state index contributed by atoms with van der Waals surface area (Å²) in [4.78, 5) is 12.2. The Morgan fingerprint density at radius 2 is 0.938 bits per heavy atom. The third kappa shape index (κ3) is 4.53. The van der Waals surface area contributed by atoms with Gasteiger partial charge in [-0.2, -0.15) is 0 Å². The summed E-state index contributed by atoms with van der Waals surface area (Å²) in [6.07, 6.45) is 8.61. The van der Waals surface area contributed by atoms with E-state index in [4.69, 9.17) is 0 Å². The molecule has 2 aromatic carbocycles. The second-order valence-corrected chi connectivity index (χ2v) is 17.6. The number of hydrogen-bond acceptors (Lipinski definition) is 11. The first-order valence-corrected chi connectivity index (χ1v) is 19.0. The molecule has 1 nitrogen and oxygen atoms in total. The second-order valence-electron chi connectivity index (χ2n) is 6.41. The molecular weight excluding hydrogens is 589 g/mol. The summed E-state index contributed by atoms with van der Waals surface area (Å²) >= 11 is 17.6. The van der Waals surface area contributed by atoms with Crippen molar-refractivity contribution in [1.29, 1.82) is 0 Å². The Balaban J connectivity index is 1.81. The average molecular weight is 605 g/mol. The number of thioether (sulfide) groups is 8. The van der Waals surface area contributed by atoms with Crippen molar-refractivity contribution in [1.82, 2.24) is 0 Å². The Kier molecular flexibility index (Phi) is 8.00. The third-order valence-corrected chi connectivity index (χ3v) is 17.3. The molecule has 0 bridgehead atoms. The molecule has 2 aliphatic rings. The molecule has 166 valence electrons. The molecule has 32 heavy (non-hydrogen) atoms. The first-order chi connectivity index (χ1) is 15.6. The highest BCUT2D eigenvalue weighted by atomic mass is 32.3. The van der Waals surface area contributed by atoms with Crippen LogP contribution >= 0.6 is 117 Å². The van der Waals surface area contributed by atoms with Gasteiger partial charge < -0.3 is 0 Å². The minimum atomic E-state index is 0.167. The Morgan fingerprint density at radius 3 is 1.25 bits per heavy atom. The van der Waals surface area contributed by atoms with Crippen LogP contribution in [0.2, 0.25) is 0 Å². The largest absolute Gasteiger partial charge is 0.288 e. The van der Waals surface area contributed by atoms with Gasteiger partial charge in [0.05, 0.1) is 25.4 Å². The molecule has 3 heterocycles. The maximum atomic E-state index is 12.2. The van der Waals surface area contributed by atoms with Gasteiger partial charge in [0.1, 0.15) is 0 Å². The predicted octanol–water partition coefficient (Wildman–Crippen LogP) is 8.27. The molecule has 0 aliphatic carbocycles. The van der Waals surface area contributed by atoms with Gasteiger partial charge in [0, 0.05) is 19.8 Å². The van der Waals surface area contributed by atoms with Crippen molar-refractivity contribution in [2.75, 3.05) is 25.0 Å². The molecule has 11 heteroatoms. The maximum absolute atomic E-state index is 12.2. The number of benzene rings is 2. The van der Waals surface area contributed by atoms with E-state index in [1.165, 1.54) is 69.3 Å². The van der Waals surface area contributed by atoms with Crippen molar-refractivity contribution in [3.05, 3.63) is 60.5 Å². The SMILES string of the molecule is CSC1=C(SC)SC(=c2ccc(=C3SC(SC)=C(SC)S3)c3cc4sc(=O)sc4cc23)S1. The summed E-state index contributed by atoms with van der Waals surface area (Å²) in [5.74, 6) is 0. The first kappa shape index (κ1) is 24.5. The van der Waals surface area contributed by atoms with E-state index in [1.807, 2.05) is 94.1 Å². The molecule has 0 radical (unpaired) electrons. The molecule has 0 unspecified atom stereocenters. The zero-order chi connectivity index (χ0) is 22.4. The topological polar surface area (TPSA) is 17.1 Å². The van der Waals surface area contributed by atoms with Gasteiger partial charge in [-0.05, 0) is 47.9 Å². The van der Waals surface area contributed by atoms with E-state index in [2.05, 4.69) is 49.3 Å². The monoisotopic (exact) mass is 604 g/mol. The van der Waals surface area contributed by atoms with Crippen LogP contribution in [-0.4, -0.2) is 25.0 Å². The summed E-state index contributed by atoms with van der Waals surface area (Å²) in [6, 6.07) is 9.08. The Labute approximate surface area is 228 Å². The lowest BCUT2D eigenvalue weighted by molar-refractivity contribution is 1.66. The van der Waals surface area contributed by atoms with Gasteiger partial charge in [-0.25, -0.2) is 0 Å². The van der Waals surface area contributed by atoms with E-state index in [-0.39, 0.29) is 4.06 Å². The smallest absolute Gasteiger partial charge is 0.265 e. The number of hydrogen-bond donors (Lipinski definition) is 0. The number of fused-ring (bicyclic) bond motifs is 2. The van der Waals surface area contributed by atoms with E-state index in [0.29, 0.717) is 0 Å². The van der Waals surface area contributed by atoms with Crippen molar-refractivity contribution in [2.24, 2.45) is 0 Å². The summed E-state index contributed by atoms with van der Waals surface area (Å²) in [5.41, 5.74) is 0. The molecule has 3 aromatic rings. The highest BCUT2D eigenvalue weighted by Crippen LogP contribution is 2.58. The Bertz CT molecular complexity index is 1350. The molecule has 0 amide bonds. The van der Waals surface area contributed by atoms with Gasteiger partial charge in [0.15, 0.2) is 0 Å². The van der Waals surface area contributed by atoms with Crippen LogP contribution in [0.25, 0.3) is 28.6 Å². The van der Waals surface area contributed by atoms with Crippen molar-refractivity contribution in [3.63, 3.8) is 0 Å². The van der Waals surface area contributed by atoms with Crippen molar-refractivity contribution in [3.8, 4) is 0 Å². The highest BCUT2D eigenvalue weighted by molar-refractivity contribution is 8.46. The van der Waals surface area contributed by atoms with Crippen LogP contribution in [0.4, 0.5) is 0 Å². The fraction of sp³-hybridized carbons (Fsp3) is 0.190. The number of rotatable bonds is 4.